The summed E-state index contributed by atoms with van der Waals surface area (Å²) in [5.41, 5.74) is 0.265. The molecule has 1 saturated carbocycles. The number of ether oxygens (including phenoxy) is 2. The third kappa shape index (κ3) is 3.91. The fraction of sp³-hybridized carbons (Fsp3) is 0.556. The van der Waals surface area contributed by atoms with Gasteiger partial charge in [-0.2, -0.15) is 0 Å². The molecule has 2 aliphatic rings. The predicted octanol–water partition coefficient (Wildman–Crippen LogP) is 2.09. The number of hydrogen-bond donors (Lipinski definition) is 1. The van der Waals surface area contributed by atoms with Gasteiger partial charge in [0.05, 0.1) is 5.56 Å². The standard InChI is InChI=1S/C18H23NO4/c1-18(11-14-5-2-3-6-15(14)16(20)23-18)17(21)19-9-4-10-22-12-13-7-8-13/h2-3,5-6,13H,4,7-12H2,1H3,(H,19,21). The molecule has 1 aromatic rings. The van der Waals surface area contributed by atoms with E-state index in [2.05, 4.69) is 5.32 Å². The van der Waals surface area contributed by atoms with E-state index in [1.165, 1.54) is 12.8 Å². The van der Waals surface area contributed by atoms with E-state index in [0.29, 0.717) is 25.1 Å². The molecule has 5 heteroatoms. The van der Waals surface area contributed by atoms with E-state index in [0.717, 1.165) is 24.5 Å². The summed E-state index contributed by atoms with van der Waals surface area (Å²) < 4.78 is 10.9. The minimum Gasteiger partial charge on any atom is -0.445 e. The van der Waals surface area contributed by atoms with E-state index in [1.807, 2.05) is 12.1 Å². The van der Waals surface area contributed by atoms with Gasteiger partial charge < -0.3 is 14.8 Å². The number of carbonyl (C=O) groups excluding carboxylic acids is 2. The van der Waals surface area contributed by atoms with Crippen molar-refractivity contribution in [2.75, 3.05) is 19.8 Å². The maximum Gasteiger partial charge on any atom is 0.339 e. The van der Waals surface area contributed by atoms with Gasteiger partial charge in [-0.1, -0.05) is 18.2 Å². The number of rotatable bonds is 7. The molecule has 0 aromatic heterocycles. The molecule has 1 N–H and O–H groups in total. The largest absolute Gasteiger partial charge is 0.445 e. The fourth-order valence-electron chi connectivity index (χ4n) is 2.76. The topological polar surface area (TPSA) is 64.6 Å². The van der Waals surface area contributed by atoms with Gasteiger partial charge in [0, 0.05) is 26.2 Å². The Morgan fingerprint density at radius 3 is 2.96 bits per heavy atom. The zero-order chi connectivity index (χ0) is 16.3. The van der Waals surface area contributed by atoms with Crippen molar-refractivity contribution in [3.63, 3.8) is 0 Å². The second-order valence-corrected chi connectivity index (χ2v) is 6.58. The highest BCUT2D eigenvalue weighted by molar-refractivity contribution is 5.97. The van der Waals surface area contributed by atoms with E-state index >= 15 is 0 Å². The van der Waals surface area contributed by atoms with Crippen LogP contribution in [0.2, 0.25) is 0 Å². The molecule has 0 radical (unpaired) electrons. The smallest absolute Gasteiger partial charge is 0.339 e. The van der Waals surface area contributed by atoms with Crippen LogP contribution in [-0.4, -0.2) is 37.2 Å². The van der Waals surface area contributed by atoms with Crippen molar-refractivity contribution in [2.24, 2.45) is 5.92 Å². The summed E-state index contributed by atoms with van der Waals surface area (Å²) in [6.07, 6.45) is 3.72. The summed E-state index contributed by atoms with van der Waals surface area (Å²) in [5, 5.41) is 2.85. The quantitative estimate of drug-likeness (QED) is 0.618. The summed E-state index contributed by atoms with van der Waals surface area (Å²) in [6, 6.07) is 7.26. The van der Waals surface area contributed by atoms with Crippen molar-refractivity contribution < 1.29 is 19.1 Å². The highest BCUT2D eigenvalue weighted by atomic mass is 16.6. The van der Waals surface area contributed by atoms with Crippen LogP contribution in [0, 0.1) is 5.92 Å². The number of amides is 1. The van der Waals surface area contributed by atoms with Gasteiger partial charge in [0.2, 0.25) is 0 Å². The van der Waals surface area contributed by atoms with E-state index < -0.39 is 11.6 Å². The number of cyclic esters (lactones) is 1. The first-order valence-electron chi connectivity index (χ1n) is 8.26. The Labute approximate surface area is 136 Å². The molecule has 124 valence electrons. The molecule has 1 aliphatic heterocycles. The van der Waals surface area contributed by atoms with Crippen molar-refractivity contribution in [3.05, 3.63) is 35.4 Å². The number of carbonyl (C=O) groups is 2. The van der Waals surface area contributed by atoms with Gasteiger partial charge in [0.25, 0.3) is 5.91 Å². The van der Waals surface area contributed by atoms with Crippen LogP contribution >= 0.6 is 0 Å². The average molecular weight is 317 g/mol. The van der Waals surface area contributed by atoms with Crippen LogP contribution in [0.25, 0.3) is 0 Å². The first-order chi connectivity index (χ1) is 11.1. The van der Waals surface area contributed by atoms with Crippen LogP contribution in [0.4, 0.5) is 0 Å². The third-order valence-electron chi connectivity index (χ3n) is 4.36. The Balaban J connectivity index is 1.47. The molecule has 5 nitrogen and oxygen atoms in total. The number of nitrogens with one attached hydrogen (secondary N) is 1. The fourth-order valence-corrected chi connectivity index (χ4v) is 2.76. The van der Waals surface area contributed by atoms with E-state index in [-0.39, 0.29) is 5.91 Å². The van der Waals surface area contributed by atoms with Gasteiger partial charge in [-0.25, -0.2) is 4.79 Å². The Bertz CT molecular complexity index is 596. The maximum absolute atomic E-state index is 12.4. The molecule has 3 rings (SSSR count). The van der Waals surface area contributed by atoms with Crippen molar-refractivity contribution in [3.8, 4) is 0 Å². The van der Waals surface area contributed by atoms with E-state index in [9.17, 15) is 9.59 Å². The van der Waals surface area contributed by atoms with Gasteiger partial charge in [-0.3, -0.25) is 4.79 Å². The molecule has 1 fully saturated rings. The Morgan fingerprint density at radius 2 is 2.17 bits per heavy atom. The molecule has 0 bridgehead atoms. The van der Waals surface area contributed by atoms with Crippen LogP contribution in [0.1, 0.15) is 42.1 Å². The van der Waals surface area contributed by atoms with Gasteiger partial charge in [-0.15, -0.1) is 0 Å². The third-order valence-corrected chi connectivity index (χ3v) is 4.36. The second kappa shape index (κ2) is 6.71. The Kier molecular flexibility index (Phi) is 4.66. The molecular formula is C18H23NO4. The summed E-state index contributed by atoms with van der Waals surface area (Å²) in [7, 11) is 0. The lowest BCUT2D eigenvalue weighted by molar-refractivity contribution is -0.139. The van der Waals surface area contributed by atoms with Gasteiger partial charge in [0.1, 0.15) is 0 Å². The molecule has 0 saturated heterocycles. The molecular weight excluding hydrogens is 294 g/mol. The monoisotopic (exact) mass is 317 g/mol. The summed E-state index contributed by atoms with van der Waals surface area (Å²) in [5.74, 6) is 0.0741. The Morgan fingerprint density at radius 1 is 1.39 bits per heavy atom. The zero-order valence-corrected chi connectivity index (χ0v) is 13.5. The lowest BCUT2D eigenvalue weighted by Gasteiger charge is -2.33. The van der Waals surface area contributed by atoms with Crippen LogP contribution in [0.15, 0.2) is 24.3 Å². The van der Waals surface area contributed by atoms with Crippen LogP contribution < -0.4 is 5.32 Å². The van der Waals surface area contributed by atoms with Crippen molar-refractivity contribution in [1.29, 1.82) is 0 Å². The molecule has 1 unspecified atom stereocenters. The van der Waals surface area contributed by atoms with Crippen LogP contribution in [-0.2, 0) is 20.7 Å². The number of benzene rings is 1. The normalized spacial score (nSPS) is 23.1. The minimum absolute atomic E-state index is 0.248. The Hall–Kier alpha value is -1.88. The molecule has 1 aliphatic carbocycles. The van der Waals surface area contributed by atoms with E-state index in [1.54, 1.807) is 19.1 Å². The lowest BCUT2D eigenvalue weighted by Crippen LogP contribution is -2.51. The highest BCUT2D eigenvalue weighted by Gasteiger charge is 2.42. The van der Waals surface area contributed by atoms with E-state index in [4.69, 9.17) is 9.47 Å². The average Bonchev–Trinajstić information content (AvgIpc) is 3.34. The lowest BCUT2D eigenvalue weighted by atomic mass is 9.89. The summed E-state index contributed by atoms with van der Waals surface area (Å²) in [6.45, 7) is 3.67. The van der Waals surface area contributed by atoms with Gasteiger partial charge in [-0.05, 0) is 43.7 Å². The summed E-state index contributed by atoms with van der Waals surface area (Å²) in [4.78, 5) is 24.5. The first-order valence-corrected chi connectivity index (χ1v) is 8.26. The van der Waals surface area contributed by atoms with Crippen LogP contribution in [0.3, 0.4) is 0 Å². The molecule has 1 aromatic carbocycles. The predicted molar refractivity (Wildman–Crippen MR) is 85.1 cm³/mol. The second-order valence-electron chi connectivity index (χ2n) is 6.58. The van der Waals surface area contributed by atoms with Crippen LogP contribution in [0.5, 0.6) is 0 Å². The highest BCUT2D eigenvalue weighted by Crippen LogP contribution is 2.29. The SMILES string of the molecule is CC1(C(=O)NCCCOCC2CC2)Cc2ccccc2C(=O)O1. The molecule has 1 heterocycles. The van der Waals surface area contributed by atoms with Crippen molar-refractivity contribution in [1.82, 2.24) is 5.32 Å². The maximum atomic E-state index is 12.4. The van der Waals surface area contributed by atoms with Crippen molar-refractivity contribution >= 4 is 11.9 Å². The molecule has 1 amide bonds. The summed E-state index contributed by atoms with van der Waals surface area (Å²) >= 11 is 0. The van der Waals surface area contributed by atoms with Gasteiger partial charge in [0.15, 0.2) is 5.60 Å². The number of fused-ring (bicyclic) bond motifs is 1. The van der Waals surface area contributed by atoms with Gasteiger partial charge >= 0.3 is 5.97 Å². The molecule has 0 spiro atoms. The zero-order valence-electron chi connectivity index (χ0n) is 13.5. The number of esters is 1. The van der Waals surface area contributed by atoms with Crippen molar-refractivity contribution in [2.45, 2.75) is 38.2 Å². The molecule has 1 atom stereocenters. The molecule has 23 heavy (non-hydrogen) atoms. The number of hydrogen-bond acceptors (Lipinski definition) is 4. The first kappa shape index (κ1) is 16.0. The minimum atomic E-state index is -1.14.